The molecule has 0 atom stereocenters. The van der Waals surface area contributed by atoms with Gasteiger partial charge in [-0.2, -0.15) is 0 Å². The van der Waals surface area contributed by atoms with Gasteiger partial charge >= 0.3 is 5.97 Å². The van der Waals surface area contributed by atoms with Gasteiger partial charge in [0.05, 0.1) is 35.4 Å². The van der Waals surface area contributed by atoms with Crippen LogP contribution in [0.25, 0.3) is 21.7 Å². The number of thiazole rings is 1. The summed E-state index contributed by atoms with van der Waals surface area (Å²) in [4.78, 5) is 25.2. The Hall–Kier alpha value is -2.34. The molecular weight excluding hydrogens is 298 g/mol. The standard InChI is InChI=1S/C16H15N3O2S/c1-3-21-14(20)8-11-9-22-16(18-11)15-10(2)17-12-6-4-5-7-13(12)19-15/h4-7,9H,3,8H2,1-2H3. The van der Waals surface area contributed by atoms with Crippen molar-refractivity contribution in [2.45, 2.75) is 20.3 Å². The van der Waals surface area contributed by atoms with Crippen molar-refractivity contribution in [2.24, 2.45) is 0 Å². The first kappa shape index (κ1) is 14.6. The molecule has 0 fully saturated rings. The minimum Gasteiger partial charge on any atom is -0.466 e. The second-order valence-corrected chi connectivity index (χ2v) is 5.63. The molecule has 0 radical (unpaired) electrons. The van der Waals surface area contributed by atoms with Gasteiger partial charge in [-0.05, 0) is 26.0 Å². The summed E-state index contributed by atoms with van der Waals surface area (Å²) >= 11 is 1.46. The number of benzene rings is 1. The van der Waals surface area contributed by atoms with E-state index in [1.165, 1.54) is 11.3 Å². The summed E-state index contributed by atoms with van der Waals surface area (Å²) < 4.78 is 4.94. The molecule has 0 saturated carbocycles. The lowest BCUT2D eigenvalue weighted by Gasteiger charge is -2.03. The van der Waals surface area contributed by atoms with Gasteiger partial charge in [-0.3, -0.25) is 4.79 Å². The zero-order valence-corrected chi connectivity index (χ0v) is 13.2. The normalized spacial score (nSPS) is 10.8. The van der Waals surface area contributed by atoms with Crippen LogP contribution in [0.3, 0.4) is 0 Å². The Morgan fingerprint density at radius 3 is 2.64 bits per heavy atom. The molecule has 6 heteroatoms. The van der Waals surface area contributed by atoms with Crippen LogP contribution in [0.15, 0.2) is 29.6 Å². The van der Waals surface area contributed by atoms with Crippen molar-refractivity contribution in [3.63, 3.8) is 0 Å². The molecule has 0 aliphatic heterocycles. The van der Waals surface area contributed by atoms with Crippen LogP contribution in [0.2, 0.25) is 0 Å². The second-order valence-electron chi connectivity index (χ2n) is 4.77. The molecule has 0 unspecified atom stereocenters. The first-order chi connectivity index (χ1) is 10.7. The fraction of sp³-hybridized carbons (Fsp3) is 0.250. The molecule has 2 aromatic heterocycles. The van der Waals surface area contributed by atoms with Gasteiger partial charge in [-0.15, -0.1) is 11.3 Å². The minimum absolute atomic E-state index is 0.185. The third kappa shape index (κ3) is 2.96. The Morgan fingerprint density at radius 2 is 1.91 bits per heavy atom. The van der Waals surface area contributed by atoms with Crippen LogP contribution < -0.4 is 0 Å². The number of fused-ring (bicyclic) bond motifs is 1. The lowest BCUT2D eigenvalue weighted by molar-refractivity contribution is -0.142. The predicted octanol–water partition coefficient (Wildman–Crippen LogP) is 3.17. The van der Waals surface area contributed by atoms with E-state index < -0.39 is 0 Å². The average molecular weight is 313 g/mol. The minimum atomic E-state index is -0.263. The van der Waals surface area contributed by atoms with E-state index in [9.17, 15) is 4.79 Å². The van der Waals surface area contributed by atoms with E-state index in [0.29, 0.717) is 12.3 Å². The largest absolute Gasteiger partial charge is 0.466 e. The van der Waals surface area contributed by atoms with Crippen molar-refractivity contribution in [2.75, 3.05) is 6.61 Å². The molecule has 2 heterocycles. The van der Waals surface area contributed by atoms with Gasteiger partial charge in [-0.25, -0.2) is 15.0 Å². The van der Waals surface area contributed by atoms with Crippen molar-refractivity contribution in [3.05, 3.63) is 41.0 Å². The van der Waals surface area contributed by atoms with Crippen molar-refractivity contribution in [3.8, 4) is 10.7 Å². The number of carbonyl (C=O) groups excluding carboxylic acids is 1. The zero-order valence-electron chi connectivity index (χ0n) is 12.4. The van der Waals surface area contributed by atoms with Gasteiger partial charge in [0.2, 0.25) is 0 Å². The van der Waals surface area contributed by atoms with Crippen LogP contribution in [-0.4, -0.2) is 27.5 Å². The summed E-state index contributed by atoms with van der Waals surface area (Å²) in [5.41, 5.74) is 4.00. The fourth-order valence-electron chi connectivity index (χ4n) is 2.15. The number of rotatable bonds is 4. The number of hydrogen-bond acceptors (Lipinski definition) is 6. The molecule has 1 aromatic carbocycles. The van der Waals surface area contributed by atoms with E-state index in [0.717, 1.165) is 27.4 Å². The number of ether oxygens (including phenoxy) is 1. The molecule has 0 spiro atoms. The first-order valence-corrected chi connectivity index (χ1v) is 7.89. The maximum atomic E-state index is 11.5. The summed E-state index contributed by atoms with van der Waals surface area (Å²) in [6, 6.07) is 7.74. The van der Waals surface area contributed by atoms with Crippen molar-refractivity contribution < 1.29 is 9.53 Å². The third-order valence-corrected chi connectivity index (χ3v) is 4.03. The van der Waals surface area contributed by atoms with Crippen LogP contribution in [0.4, 0.5) is 0 Å². The van der Waals surface area contributed by atoms with E-state index >= 15 is 0 Å². The van der Waals surface area contributed by atoms with Crippen LogP contribution in [-0.2, 0) is 16.0 Å². The van der Waals surface area contributed by atoms with Gasteiger partial charge in [-0.1, -0.05) is 12.1 Å². The highest BCUT2D eigenvalue weighted by molar-refractivity contribution is 7.13. The summed E-state index contributed by atoms with van der Waals surface area (Å²) in [6.45, 7) is 4.09. The molecule has 0 N–H and O–H groups in total. The van der Waals surface area contributed by atoms with Crippen molar-refractivity contribution in [1.82, 2.24) is 15.0 Å². The third-order valence-electron chi connectivity index (χ3n) is 3.13. The number of hydrogen-bond donors (Lipinski definition) is 0. The average Bonchev–Trinajstić information content (AvgIpc) is 2.95. The molecule has 0 saturated heterocycles. The van der Waals surface area contributed by atoms with E-state index in [2.05, 4.69) is 15.0 Å². The Kier molecular flexibility index (Phi) is 4.11. The highest BCUT2D eigenvalue weighted by Crippen LogP contribution is 2.26. The molecule has 5 nitrogen and oxygen atoms in total. The fourth-order valence-corrected chi connectivity index (χ4v) is 3.01. The lowest BCUT2D eigenvalue weighted by atomic mass is 10.2. The van der Waals surface area contributed by atoms with E-state index in [-0.39, 0.29) is 12.4 Å². The van der Waals surface area contributed by atoms with Crippen LogP contribution in [0.1, 0.15) is 18.3 Å². The van der Waals surface area contributed by atoms with Crippen LogP contribution in [0.5, 0.6) is 0 Å². The van der Waals surface area contributed by atoms with Gasteiger partial charge < -0.3 is 4.74 Å². The molecule has 0 bridgehead atoms. The summed E-state index contributed by atoms with van der Waals surface area (Å²) in [6.07, 6.45) is 0.185. The molecule has 0 aliphatic rings. The molecule has 112 valence electrons. The smallest absolute Gasteiger partial charge is 0.311 e. The quantitative estimate of drug-likeness (QED) is 0.692. The molecular formula is C16H15N3O2S. The number of carbonyl (C=O) groups is 1. The first-order valence-electron chi connectivity index (χ1n) is 7.01. The number of esters is 1. The molecule has 22 heavy (non-hydrogen) atoms. The second kappa shape index (κ2) is 6.19. The Bertz CT molecular complexity index is 829. The topological polar surface area (TPSA) is 65.0 Å². The molecule has 3 rings (SSSR count). The molecule has 0 amide bonds. The highest BCUT2D eigenvalue weighted by Gasteiger charge is 2.13. The number of para-hydroxylation sites is 2. The summed E-state index contributed by atoms with van der Waals surface area (Å²) in [7, 11) is 0. The van der Waals surface area contributed by atoms with E-state index in [1.807, 2.05) is 36.6 Å². The van der Waals surface area contributed by atoms with Gasteiger partial charge in [0.25, 0.3) is 0 Å². The van der Waals surface area contributed by atoms with E-state index in [1.54, 1.807) is 6.92 Å². The Labute approximate surface area is 132 Å². The SMILES string of the molecule is CCOC(=O)Cc1csc(-c2nc3ccccc3nc2C)n1. The predicted molar refractivity (Wildman–Crippen MR) is 85.7 cm³/mol. The Balaban J connectivity index is 1.93. The van der Waals surface area contributed by atoms with Crippen molar-refractivity contribution >= 4 is 28.3 Å². The molecule has 0 aliphatic carbocycles. The lowest BCUT2D eigenvalue weighted by Crippen LogP contribution is -2.07. The summed E-state index contributed by atoms with van der Waals surface area (Å²) in [5, 5.41) is 2.64. The summed E-state index contributed by atoms with van der Waals surface area (Å²) in [5.74, 6) is -0.263. The number of nitrogens with zero attached hydrogens (tertiary/aromatic N) is 3. The molecule has 3 aromatic rings. The van der Waals surface area contributed by atoms with E-state index in [4.69, 9.17) is 4.74 Å². The van der Waals surface area contributed by atoms with Crippen LogP contribution >= 0.6 is 11.3 Å². The van der Waals surface area contributed by atoms with Gasteiger partial charge in [0.1, 0.15) is 10.7 Å². The number of aromatic nitrogens is 3. The monoisotopic (exact) mass is 313 g/mol. The highest BCUT2D eigenvalue weighted by atomic mass is 32.1. The van der Waals surface area contributed by atoms with Gasteiger partial charge in [0.15, 0.2) is 0 Å². The number of aryl methyl sites for hydroxylation is 1. The Morgan fingerprint density at radius 1 is 1.18 bits per heavy atom. The zero-order chi connectivity index (χ0) is 15.5. The van der Waals surface area contributed by atoms with Gasteiger partial charge in [0, 0.05) is 5.38 Å². The maximum absolute atomic E-state index is 11.5. The maximum Gasteiger partial charge on any atom is 0.311 e. The van der Waals surface area contributed by atoms with Crippen LogP contribution in [0, 0.1) is 6.92 Å². The van der Waals surface area contributed by atoms with Crippen molar-refractivity contribution in [1.29, 1.82) is 0 Å².